The summed E-state index contributed by atoms with van der Waals surface area (Å²) in [6.07, 6.45) is 1.82. The number of benzene rings is 3. The number of hydrogen-bond acceptors (Lipinski definition) is 2. The van der Waals surface area contributed by atoms with Gasteiger partial charge in [-0.3, -0.25) is 4.98 Å². The van der Waals surface area contributed by atoms with Crippen molar-refractivity contribution in [2.45, 2.75) is 6.92 Å². The van der Waals surface area contributed by atoms with E-state index in [2.05, 4.69) is 95.8 Å². The molecule has 6 rings (SSSR count). The molecule has 0 saturated heterocycles. The van der Waals surface area contributed by atoms with Crippen LogP contribution >= 0.6 is 0 Å². The fourth-order valence-electron chi connectivity index (χ4n) is 4.42. The van der Waals surface area contributed by atoms with Crippen molar-refractivity contribution in [3.05, 3.63) is 109 Å². The molecule has 6 aromatic rings. The van der Waals surface area contributed by atoms with Crippen molar-refractivity contribution in [3.8, 4) is 33.8 Å². The van der Waals surface area contributed by atoms with Gasteiger partial charge in [-0.05, 0) is 42.8 Å². The zero-order chi connectivity index (χ0) is 21.5. The Morgan fingerprint density at radius 3 is 2.12 bits per heavy atom. The summed E-state index contributed by atoms with van der Waals surface area (Å²) in [5, 5.41) is 2.48. The van der Waals surface area contributed by atoms with E-state index in [0.29, 0.717) is 0 Å². The van der Waals surface area contributed by atoms with Crippen LogP contribution in [0.1, 0.15) is 5.56 Å². The third-order valence-corrected chi connectivity index (χ3v) is 6.02. The van der Waals surface area contributed by atoms with Gasteiger partial charge < -0.3 is 4.98 Å². The van der Waals surface area contributed by atoms with Crippen LogP contribution in [-0.2, 0) is 0 Å². The lowest BCUT2D eigenvalue weighted by molar-refractivity contribution is 1.31. The zero-order valence-corrected chi connectivity index (χ0v) is 17.7. The maximum atomic E-state index is 5.05. The van der Waals surface area contributed by atoms with E-state index < -0.39 is 0 Å². The normalized spacial score (nSPS) is 11.3. The van der Waals surface area contributed by atoms with Crippen LogP contribution in [0.25, 0.3) is 55.6 Å². The number of aryl methyl sites for hydroxylation is 1. The van der Waals surface area contributed by atoms with E-state index in [4.69, 9.17) is 4.98 Å². The first kappa shape index (κ1) is 18.5. The fraction of sp³-hybridized carbons (Fsp3) is 0.0345. The number of fused-ring (bicyclic) bond motifs is 3. The van der Waals surface area contributed by atoms with Crippen molar-refractivity contribution in [1.29, 1.82) is 0 Å². The molecule has 3 aromatic heterocycles. The lowest BCUT2D eigenvalue weighted by Crippen LogP contribution is -1.90. The highest BCUT2D eigenvalue weighted by atomic mass is 14.7. The van der Waals surface area contributed by atoms with Crippen LogP contribution in [0.2, 0.25) is 0 Å². The second-order valence-electron chi connectivity index (χ2n) is 8.05. The van der Waals surface area contributed by atoms with Crippen LogP contribution < -0.4 is 0 Å². The Hall–Kier alpha value is -4.24. The summed E-state index contributed by atoms with van der Waals surface area (Å²) in [6.45, 7) is 2.14. The minimum atomic E-state index is 0.949. The summed E-state index contributed by atoms with van der Waals surface area (Å²) in [4.78, 5) is 13.2. The molecule has 3 nitrogen and oxygen atoms in total. The highest BCUT2D eigenvalue weighted by molar-refractivity contribution is 6.12. The second-order valence-corrected chi connectivity index (χ2v) is 8.05. The van der Waals surface area contributed by atoms with Gasteiger partial charge >= 0.3 is 0 Å². The van der Waals surface area contributed by atoms with Crippen molar-refractivity contribution in [2.24, 2.45) is 0 Å². The second kappa shape index (κ2) is 7.47. The van der Waals surface area contributed by atoms with Gasteiger partial charge in [0.25, 0.3) is 0 Å². The number of aromatic nitrogens is 3. The molecule has 0 aliphatic carbocycles. The zero-order valence-electron chi connectivity index (χ0n) is 17.7. The molecule has 1 N–H and O–H groups in total. The Labute approximate surface area is 186 Å². The van der Waals surface area contributed by atoms with E-state index in [1.807, 2.05) is 24.4 Å². The molecule has 3 aromatic carbocycles. The van der Waals surface area contributed by atoms with Gasteiger partial charge in [0.05, 0.1) is 22.6 Å². The highest BCUT2D eigenvalue weighted by Gasteiger charge is 2.12. The van der Waals surface area contributed by atoms with Gasteiger partial charge in [-0.15, -0.1) is 0 Å². The average Bonchev–Trinajstić information content (AvgIpc) is 3.25. The molecule has 0 aliphatic rings. The van der Waals surface area contributed by atoms with Gasteiger partial charge in [-0.2, -0.15) is 0 Å². The SMILES string of the molecule is Cc1cccc2c1[nH]c1c(-c3cccc(-c4cccc(-c5ccccn5)c4)n3)cccc12. The molecule has 0 atom stereocenters. The molecule has 152 valence electrons. The van der Waals surface area contributed by atoms with E-state index in [9.17, 15) is 0 Å². The van der Waals surface area contributed by atoms with E-state index in [1.54, 1.807) is 0 Å². The highest BCUT2D eigenvalue weighted by Crippen LogP contribution is 2.34. The van der Waals surface area contributed by atoms with Gasteiger partial charge in [0, 0.05) is 39.2 Å². The first-order chi connectivity index (χ1) is 15.8. The number of aromatic amines is 1. The van der Waals surface area contributed by atoms with Gasteiger partial charge in [0.1, 0.15) is 0 Å². The first-order valence-corrected chi connectivity index (χ1v) is 10.8. The Morgan fingerprint density at radius 1 is 0.594 bits per heavy atom. The third-order valence-electron chi connectivity index (χ3n) is 6.02. The van der Waals surface area contributed by atoms with E-state index in [1.165, 1.54) is 21.9 Å². The van der Waals surface area contributed by atoms with Crippen LogP contribution in [0, 0.1) is 6.92 Å². The number of nitrogens with one attached hydrogen (secondary N) is 1. The lowest BCUT2D eigenvalue weighted by Gasteiger charge is -2.08. The molecule has 0 unspecified atom stereocenters. The summed E-state index contributed by atoms with van der Waals surface area (Å²) in [5.74, 6) is 0. The van der Waals surface area contributed by atoms with Crippen LogP contribution in [0.4, 0.5) is 0 Å². The largest absolute Gasteiger partial charge is 0.354 e. The van der Waals surface area contributed by atoms with Crippen LogP contribution in [0.15, 0.2) is 103 Å². The summed E-state index contributed by atoms with van der Waals surface area (Å²) >= 11 is 0. The van der Waals surface area contributed by atoms with Crippen molar-refractivity contribution < 1.29 is 0 Å². The Morgan fingerprint density at radius 2 is 1.28 bits per heavy atom. The predicted octanol–water partition coefficient (Wildman–Crippen LogP) is 7.42. The topological polar surface area (TPSA) is 41.6 Å². The third kappa shape index (κ3) is 3.07. The maximum Gasteiger partial charge on any atom is 0.0730 e. The minimum absolute atomic E-state index is 0.949. The molecule has 32 heavy (non-hydrogen) atoms. The molecule has 0 saturated carbocycles. The number of para-hydroxylation sites is 2. The number of H-pyrrole nitrogens is 1. The Kier molecular flexibility index (Phi) is 4.32. The quantitative estimate of drug-likeness (QED) is 0.329. The van der Waals surface area contributed by atoms with Crippen molar-refractivity contribution in [2.75, 3.05) is 0 Å². The fourth-order valence-corrected chi connectivity index (χ4v) is 4.42. The standard InChI is InChI=1S/C29H21N3/c1-19-8-4-11-22-23-12-6-13-24(29(23)32-28(19)22)27-16-7-15-26(31-27)21-10-5-9-20(18-21)25-14-2-3-17-30-25/h2-18,32H,1H3. The molecule has 0 amide bonds. The van der Waals surface area contributed by atoms with Gasteiger partial charge in [-0.25, -0.2) is 4.98 Å². The Bertz CT molecular complexity index is 1580. The van der Waals surface area contributed by atoms with E-state index in [-0.39, 0.29) is 0 Å². The van der Waals surface area contributed by atoms with Crippen molar-refractivity contribution in [1.82, 2.24) is 15.0 Å². The first-order valence-electron chi connectivity index (χ1n) is 10.8. The van der Waals surface area contributed by atoms with Crippen molar-refractivity contribution >= 4 is 21.8 Å². The van der Waals surface area contributed by atoms with Crippen LogP contribution in [-0.4, -0.2) is 15.0 Å². The van der Waals surface area contributed by atoms with Gasteiger partial charge in [0.2, 0.25) is 0 Å². The lowest BCUT2D eigenvalue weighted by atomic mass is 10.0. The predicted molar refractivity (Wildman–Crippen MR) is 132 cm³/mol. The number of hydrogen-bond donors (Lipinski definition) is 1. The molecule has 3 heterocycles. The van der Waals surface area contributed by atoms with Gasteiger partial charge in [0.15, 0.2) is 0 Å². The maximum absolute atomic E-state index is 5.05. The van der Waals surface area contributed by atoms with E-state index in [0.717, 1.165) is 39.3 Å². The summed E-state index contributed by atoms with van der Waals surface area (Å²) in [5.41, 5.74) is 9.71. The molecular formula is C29H21N3. The molecule has 0 spiro atoms. The smallest absolute Gasteiger partial charge is 0.0730 e. The molecule has 0 bridgehead atoms. The minimum Gasteiger partial charge on any atom is -0.354 e. The number of rotatable bonds is 3. The number of nitrogens with zero attached hydrogens (tertiary/aromatic N) is 2. The summed E-state index contributed by atoms with van der Waals surface area (Å²) < 4.78 is 0. The molecule has 0 aliphatic heterocycles. The average molecular weight is 412 g/mol. The van der Waals surface area contributed by atoms with Gasteiger partial charge in [-0.1, -0.05) is 66.7 Å². The summed E-state index contributed by atoms with van der Waals surface area (Å²) in [6, 6.07) is 33.5. The van der Waals surface area contributed by atoms with Crippen molar-refractivity contribution in [3.63, 3.8) is 0 Å². The Balaban J connectivity index is 1.49. The van der Waals surface area contributed by atoms with E-state index >= 15 is 0 Å². The molecular weight excluding hydrogens is 390 g/mol. The molecule has 0 fully saturated rings. The molecule has 0 radical (unpaired) electrons. The van der Waals surface area contributed by atoms with Crippen LogP contribution in [0.3, 0.4) is 0 Å². The monoisotopic (exact) mass is 411 g/mol. The number of pyridine rings is 2. The van der Waals surface area contributed by atoms with Crippen LogP contribution in [0.5, 0.6) is 0 Å². The molecule has 3 heteroatoms. The summed E-state index contributed by atoms with van der Waals surface area (Å²) in [7, 11) is 0.